The van der Waals surface area contributed by atoms with Crippen LogP contribution in [0.15, 0.2) is 35.3 Å². The Morgan fingerprint density at radius 3 is 2.27 bits per heavy atom. The fourth-order valence-electron chi connectivity index (χ4n) is 1.25. The molecule has 0 fully saturated rings. The predicted molar refractivity (Wildman–Crippen MR) is 67.9 cm³/mol. The molecule has 0 aromatic heterocycles. The summed E-state index contributed by atoms with van der Waals surface area (Å²) in [5, 5.41) is 0. The molecule has 1 atom stereocenters. The fourth-order valence-corrected chi connectivity index (χ4v) is 1.30. The van der Waals surface area contributed by atoms with Crippen LogP contribution in [-0.2, 0) is 0 Å². The first-order chi connectivity index (χ1) is 6.91. The van der Waals surface area contributed by atoms with Crippen molar-refractivity contribution in [3.05, 3.63) is 35.9 Å². The minimum atomic E-state index is -0.358. The maximum Gasteiger partial charge on any atom is 0.0763 e. The van der Waals surface area contributed by atoms with Gasteiger partial charge in [-0.05, 0) is 33.3 Å². The maximum atomic E-state index is 6.18. The highest BCUT2D eigenvalue weighted by Crippen LogP contribution is 2.21. The molecule has 0 N–H and O–H groups in total. The van der Waals surface area contributed by atoms with Gasteiger partial charge in [-0.3, -0.25) is 4.99 Å². The lowest BCUT2D eigenvalue weighted by Crippen LogP contribution is -2.22. The molecule has 1 aromatic rings. The first-order valence-electron chi connectivity index (χ1n) is 5.20. The first-order valence-corrected chi connectivity index (χ1v) is 5.58. The third-order valence-electron chi connectivity index (χ3n) is 2.53. The van der Waals surface area contributed by atoms with E-state index in [2.05, 4.69) is 24.0 Å². The maximum absolute atomic E-state index is 6.18. The van der Waals surface area contributed by atoms with Crippen LogP contribution in [-0.4, -0.2) is 10.6 Å². The van der Waals surface area contributed by atoms with Crippen LogP contribution in [0.1, 0.15) is 39.3 Å². The molecule has 0 bridgehead atoms. The van der Waals surface area contributed by atoms with Crippen molar-refractivity contribution in [2.45, 2.75) is 38.6 Å². The highest BCUT2D eigenvalue weighted by atomic mass is 35.5. The minimum absolute atomic E-state index is 0.171. The van der Waals surface area contributed by atoms with E-state index in [0.29, 0.717) is 0 Å². The molecule has 0 amide bonds. The van der Waals surface area contributed by atoms with Crippen molar-refractivity contribution < 1.29 is 0 Å². The second-order valence-electron chi connectivity index (χ2n) is 4.27. The molecule has 0 spiro atoms. The standard InChI is InChI=1S/C13H18ClN/c1-10(12-8-6-5-7-9-12)15-11(2)13(3,4)14/h5-10H,1-4H3/t10-/m0/s1. The Morgan fingerprint density at radius 1 is 1.27 bits per heavy atom. The lowest BCUT2D eigenvalue weighted by atomic mass is 10.1. The number of aliphatic imine (C=N–C) groups is 1. The number of halogens is 1. The molecule has 0 unspecified atom stereocenters. The summed E-state index contributed by atoms with van der Waals surface area (Å²) < 4.78 is 0. The molecule has 1 rings (SSSR count). The molecule has 0 aliphatic heterocycles. The van der Waals surface area contributed by atoms with Crippen LogP contribution in [0.2, 0.25) is 0 Å². The van der Waals surface area contributed by atoms with Gasteiger partial charge in [0.25, 0.3) is 0 Å². The van der Waals surface area contributed by atoms with Crippen molar-refractivity contribution in [2.75, 3.05) is 0 Å². The number of alkyl halides is 1. The Bertz CT molecular complexity index is 335. The summed E-state index contributed by atoms with van der Waals surface area (Å²) in [6.45, 7) is 7.99. The van der Waals surface area contributed by atoms with Crippen LogP contribution in [0.25, 0.3) is 0 Å². The molecule has 0 radical (unpaired) electrons. The van der Waals surface area contributed by atoms with E-state index in [-0.39, 0.29) is 10.9 Å². The largest absolute Gasteiger partial charge is 0.285 e. The van der Waals surface area contributed by atoms with E-state index in [4.69, 9.17) is 11.6 Å². The van der Waals surface area contributed by atoms with E-state index in [1.54, 1.807) is 0 Å². The van der Waals surface area contributed by atoms with Crippen LogP contribution in [0.4, 0.5) is 0 Å². The topological polar surface area (TPSA) is 12.4 Å². The summed E-state index contributed by atoms with van der Waals surface area (Å²) in [6.07, 6.45) is 0. The lowest BCUT2D eigenvalue weighted by molar-refractivity contribution is 0.795. The Balaban J connectivity index is 2.84. The van der Waals surface area contributed by atoms with Gasteiger partial charge in [-0.1, -0.05) is 30.3 Å². The normalized spacial score (nSPS) is 15.1. The quantitative estimate of drug-likeness (QED) is 0.537. The van der Waals surface area contributed by atoms with E-state index in [0.717, 1.165) is 5.71 Å². The van der Waals surface area contributed by atoms with Crippen LogP contribution in [0.3, 0.4) is 0 Å². The minimum Gasteiger partial charge on any atom is -0.285 e. The van der Waals surface area contributed by atoms with Gasteiger partial charge in [0.05, 0.1) is 10.9 Å². The van der Waals surface area contributed by atoms with Crippen molar-refractivity contribution in [1.82, 2.24) is 0 Å². The summed E-state index contributed by atoms with van der Waals surface area (Å²) in [7, 11) is 0. The first kappa shape index (κ1) is 12.3. The zero-order valence-corrected chi connectivity index (χ0v) is 10.5. The zero-order chi connectivity index (χ0) is 11.5. The summed E-state index contributed by atoms with van der Waals surface area (Å²) in [4.78, 5) is 4.25. The molecule has 0 saturated heterocycles. The molecule has 0 heterocycles. The molecule has 1 nitrogen and oxygen atoms in total. The van der Waals surface area contributed by atoms with Gasteiger partial charge in [0.1, 0.15) is 0 Å². The van der Waals surface area contributed by atoms with E-state index in [1.165, 1.54) is 5.56 Å². The van der Waals surface area contributed by atoms with Gasteiger partial charge in [-0.25, -0.2) is 0 Å². The number of hydrogen-bond acceptors (Lipinski definition) is 1. The van der Waals surface area contributed by atoms with Crippen molar-refractivity contribution in [3.63, 3.8) is 0 Å². The van der Waals surface area contributed by atoms with Crippen molar-refractivity contribution in [2.24, 2.45) is 4.99 Å². The fraction of sp³-hybridized carbons (Fsp3) is 0.462. The molecular weight excluding hydrogens is 206 g/mol. The number of hydrogen-bond donors (Lipinski definition) is 0. The highest BCUT2D eigenvalue weighted by Gasteiger charge is 2.18. The Kier molecular flexibility index (Phi) is 3.92. The molecule has 1 aromatic carbocycles. The van der Waals surface area contributed by atoms with Gasteiger partial charge in [-0.2, -0.15) is 0 Å². The molecule has 15 heavy (non-hydrogen) atoms. The van der Waals surface area contributed by atoms with Gasteiger partial charge in [-0.15, -0.1) is 11.6 Å². The predicted octanol–water partition coefficient (Wildman–Crippen LogP) is 4.23. The summed E-state index contributed by atoms with van der Waals surface area (Å²) in [5.41, 5.74) is 2.19. The smallest absolute Gasteiger partial charge is 0.0763 e. The summed E-state index contributed by atoms with van der Waals surface area (Å²) in [6, 6.07) is 10.4. The summed E-state index contributed by atoms with van der Waals surface area (Å²) in [5.74, 6) is 0. The average Bonchev–Trinajstić information content (AvgIpc) is 2.17. The number of benzene rings is 1. The highest BCUT2D eigenvalue weighted by molar-refractivity contribution is 6.35. The second kappa shape index (κ2) is 4.80. The van der Waals surface area contributed by atoms with Gasteiger partial charge in [0.2, 0.25) is 0 Å². The van der Waals surface area contributed by atoms with Crippen LogP contribution >= 0.6 is 11.6 Å². The van der Waals surface area contributed by atoms with Crippen LogP contribution in [0, 0.1) is 0 Å². The van der Waals surface area contributed by atoms with Gasteiger partial charge >= 0.3 is 0 Å². The monoisotopic (exact) mass is 223 g/mol. The Labute approximate surface area is 97.2 Å². The molecule has 0 aliphatic carbocycles. The Hall–Kier alpha value is -0.820. The van der Waals surface area contributed by atoms with E-state index in [1.807, 2.05) is 39.0 Å². The number of nitrogens with zero attached hydrogens (tertiary/aromatic N) is 1. The third-order valence-corrected chi connectivity index (χ3v) is 2.80. The van der Waals surface area contributed by atoms with E-state index >= 15 is 0 Å². The SMILES string of the molecule is CC(=N[C@@H](C)c1ccccc1)C(C)(C)Cl. The van der Waals surface area contributed by atoms with Gasteiger partial charge in [0.15, 0.2) is 0 Å². The lowest BCUT2D eigenvalue weighted by Gasteiger charge is -2.17. The molecule has 2 heteroatoms. The van der Waals surface area contributed by atoms with E-state index in [9.17, 15) is 0 Å². The van der Waals surface area contributed by atoms with Gasteiger partial charge < -0.3 is 0 Å². The molecule has 82 valence electrons. The molecule has 0 aliphatic rings. The number of rotatable bonds is 3. The summed E-state index contributed by atoms with van der Waals surface area (Å²) >= 11 is 6.18. The Morgan fingerprint density at radius 2 is 1.80 bits per heavy atom. The molecule has 0 saturated carbocycles. The third kappa shape index (κ3) is 3.67. The average molecular weight is 224 g/mol. The zero-order valence-electron chi connectivity index (χ0n) is 9.79. The van der Waals surface area contributed by atoms with Crippen molar-refractivity contribution in [1.29, 1.82) is 0 Å². The molecular formula is C13H18ClN. The second-order valence-corrected chi connectivity index (χ2v) is 5.22. The van der Waals surface area contributed by atoms with Crippen LogP contribution < -0.4 is 0 Å². The van der Waals surface area contributed by atoms with E-state index < -0.39 is 0 Å². The van der Waals surface area contributed by atoms with Crippen molar-refractivity contribution in [3.8, 4) is 0 Å². The van der Waals surface area contributed by atoms with Crippen LogP contribution in [0.5, 0.6) is 0 Å². The van der Waals surface area contributed by atoms with Crippen molar-refractivity contribution >= 4 is 17.3 Å². The van der Waals surface area contributed by atoms with Gasteiger partial charge in [0, 0.05) is 5.71 Å².